The largest absolute Gasteiger partial charge is 0.486 e. The first-order valence-corrected chi connectivity index (χ1v) is 12.7. The predicted molar refractivity (Wildman–Crippen MR) is 142 cm³/mol. The second kappa shape index (κ2) is 14.5. The average Bonchev–Trinajstić information content (AvgIpc) is 3.28. The second-order valence-electron chi connectivity index (χ2n) is 9.48. The van der Waals surface area contributed by atoms with Crippen molar-refractivity contribution in [2.75, 3.05) is 13.2 Å². The van der Waals surface area contributed by atoms with Crippen LogP contribution in [0.4, 0.5) is 4.79 Å². The van der Waals surface area contributed by atoms with Gasteiger partial charge in [0.15, 0.2) is 5.78 Å². The molecular weight excluding hydrogens is 520 g/mol. The molecule has 3 rings (SSSR count). The van der Waals surface area contributed by atoms with Crippen molar-refractivity contribution in [1.29, 1.82) is 0 Å². The van der Waals surface area contributed by atoms with Crippen LogP contribution in [0.1, 0.15) is 31.4 Å². The third kappa shape index (κ3) is 8.97. The van der Waals surface area contributed by atoms with Crippen LogP contribution in [-0.2, 0) is 46.4 Å². The molecule has 0 saturated carbocycles. The number of Topliss-reactive ketones (excluding diaryl/α,β-unsaturated/α-hetero) is 1. The Morgan fingerprint density at radius 1 is 0.950 bits per heavy atom. The van der Waals surface area contributed by atoms with Gasteiger partial charge in [-0.25, -0.2) is 9.59 Å². The first-order chi connectivity index (χ1) is 19.1. The van der Waals surface area contributed by atoms with Crippen LogP contribution in [0.5, 0.6) is 0 Å². The second-order valence-corrected chi connectivity index (χ2v) is 9.48. The Hall–Kier alpha value is -4.67. The van der Waals surface area contributed by atoms with Gasteiger partial charge in [0.25, 0.3) is 0 Å². The fraction of sp³-hybridized carbons (Fsp3) is 0.345. The van der Waals surface area contributed by atoms with Gasteiger partial charge >= 0.3 is 18.0 Å². The van der Waals surface area contributed by atoms with Crippen LogP contribution in [0.3, 0.4) is 0 Å². The molecule has 11 nitrogen and oxygen atoms in total. The number of hydrogen-bond donors (Lipinski definition) is 3. The van der Waals surface area contributed by atoms with Gasteiger partial charge in [-0.15, -0.1) is 0 Å². The highest BCUT2D eigenvalue weighted by Gasteiger charge is 2.32. The smallest absolute Gasteiger partial charge is 0.408 e. The third-order valence-electron chi connectivity index (χ3n) is 6.05. The lowest BCUT2D eigenvalue weighted by Crippen LogP contribution is -2.54. The zero-order valence-electron chi connectivity index (χ0n) is 22.3. The number of carboxylic acids is 1. The summed E-state index contributed by atoms with van der Waals surface area (Å²) in [5, 5.41) is 14.2. The molecule has 1 heterocycles. The molecule has 1 aliphatic rings. The number of cyclic esters (lactones) is 1. The first kappa shape index (κ1) is 29.9. The number of carbonyl (C=O) groups is 5. The molecule has 0 unspecified atom stereocenters. The highest BCUT2D eigenvalue weighted by molar-refractivity contribution is 5.95. The number of nitrogens with one attached hydrogen (secondary N) is 2. The molecule has 11 heteroatoms. The lowest BCUT2D eigenvalue weighted by Gasteiger charge is -2.24. The summed E-state index contributed by atoms with van der Waals surface area (Å²) in [6.45, 7) is 2.59. The molecule has 0 saturated heterocycles. The van der Waals surface area contributed by atoms with E-state index in [4.69, 9.17) is 14.2 Å². The van der Waals surface area contributed by atoms with Crippen molar-refractivity contribution >= 4 is 29.7 Å². The monoisotopic (exact) mass is 552 g/mol. The Labute approximate surface area is 231 Å². The first-order valence-electron chi connectivity index (χ1n) is 12.7. The van der Waals surface area contributed by atoms with Gasteiger partial charge in [0.2, 0.25) is 5.91 Å². The SMILES string of the molecule is CC(C)[C@H](NC(=O)OCc1ccccc1)C(=O)N[C@@H](CC(=O)O)C(=O)COC1=C(Cc2ccccc2)C(=O)OC1. The zero-order chi connectivity index (χ0) is 29.1. The van der Waals surface area contributed by atoms with E-state index in [1.165, 1.54) is 0 Å². The molecule has 2 aromatic carbocycles. The van der Waals surface area contributed by atoms with E-state index in [1.807, 2.05) is 36.4 Å². The van der Waals surface area contributed by atoms with Crippen LogP contribution in [0, 0.1) is 5.92 Å². The minimum absolute atomic E-state index is 0.00903. The number of ether oxygens (including phenoxy) is 3. The summed E-state index contributed by atoms with van der Waals surface area (Å²) in [5.74, 6) is -3.60. The van der Waals surface area contributed by atoms with Gasteiger partial charge in [0.05, 0.1) is 12.0 Å². The number of carbonyl (C=O) groups excluding carboxylic acids is 4. The molecule has 2 atom stereocenters. The van der Waals surface area contributed by atoms with Crippen molar-refractivity contribution in [1.82, 2.24) is 10.6 Å². The summed E-state index contributed by atoms with van der Waals surface area (Å²) in [7, 11) is 0. The highest BCUT2D eigenvalue weighted by Crippen LogP contribution is 2.21. The molecule has 2 aromatic rings. The fourth-order valence-electron chi connectivity index (χ4n) is 3.89. The molecule has 40 heavy (non-hydrogen) atoms. The van der Waals surface area contributed by atoms with Crippen LogP contribution in [0.25, 0.3) is 0 Å². The molecule has 0 bridgehead atoms. The Morgan fingerprint density at radius 3 is 2.17 bits per heavy atom. The topological polar surface area (TPSA) is 157 Å². The summed E-state index contributed by atoms with van der Waals surface area (Å²) in [6.07, 6.45) is -1.31. The Bertz CT molecular complexity index is 1240. The molecule has 0 radical (unpaired) electrons. The van der Waals surface area contributed by atoms with E-state index >= 15 is 0 Å². The quantitative estimate of drug-likeness (QED) is 0.300. The predicted octanol–water partition coefficient (Wildman–Crippen LogP) is 2.54. The van der Waals surface area contributed by atoms with E-state index in [0.29, 0.717) is 0 Å². The number of benzene rings is 2. The van der Waals surface area contributed by atoms with E-state index in [9.17, 15) is 29.1 Å². The molecule has 0 spiro atoms. The number of hydrogen-bond acceptors (Lipinski definition) is 8. The van der Waals surface area contributed by atoms with Gasteiger partial charge in [-0.2, -0.15) is 0 Å². The maximum atomic E-state index is 13.0. The standard InChI is InChI=1S/C29H32N2O9/c1-18(2)26(31-29(37)40-15-20-11-7-4-8-12-20)27(35)30-22(14-25(33)34)23(32)16-38-24-17-39-28(36)21(24)13-19-9-5-3-6-10-19/h3-12,18,22,26H,13-17H2,1-2H3,(H,30,35)(H,31,37)(H,33,34)/t22-,26-/m0/s1. The minimum atomic E-state index is -1.44. The van der Waals surface area contributed by atoms with Crippen LogP contribution in [0.15, 0.2) is 72.0 Å². The average molecular weight is 553 g/mol. The number of esters is 1. The lowest BCUT2D eigenvalue weighted by molar-refractivity contribution is -0.141. The van der Waals surface area contributed by atoms with E-state index in [1.54, 1.807) is 38.1 Å². The summed E-state index contributed by atoms with van der Waals surface area (Å²) in [6, 6.07) is 15.6. The Morgan fingerprint density at radius 2 is 1.57 bits per heavy atom. The molecule has 0 aromatic heterocycles. The van der Waals surface area contributed by atoms with Crippen LogP contribution >= 0.6 is 0 Å². The van der Waals surface area contributed by atoms with Crippen molar-refractivity contribution in [3.63, 3.8) is 0 Å². The molecule has 1 aliphatic heterocycles. The zero-order valence-corrected chi connectivity index (χ0v) is 22.3. The summed E-state index contributed by atoms with van der Waals surface area (Å²) in [5.41, 5.74) is 1.86. The molecular formula is C29H32N2O9. The van der Waals surface area contributed by atoms with Crippen molar-refractivity contribution in [3.8, 4) is 0 Å². The molecule has 2 amide bonds. The number of rotatable bonds is 14. The molecule has 212 valence electrons. The molecule has 0 aliphatic carbocycles. The van der Waals surface area contributed by atoms with Gasteiger partial charge in [0.1, 0.15) is 37.7 Å². The molecule has 3 N–H and O–H groups in total. The van der Waals surface area contributed by atoms with Crippen LogP contribution in [0.2, 0.25) is 0 Å². The van der Waals surface area contributed by atoms with E-state index in [2.05, 4.69) is 10.6 Å². The van der Waals surface area contributed by atoms with Gasteiger partial charge < -0.3 is 30.0 Å². The number of amides is 2. The van der Waals surface area contributed by atoms with Gasteiger partial charge in [-0.05, 0) is 17.0 Å². The van der Waals surface area contributed by atoms with Crippen molar-refractivity contribution in [2.24, 2.45) is 5.92 Å². The summed E-state index contributed by atoms with van der Waals surface area (Å²) >= 11 is 0. The lowest BCUT2D eigenvalue weighted by atomic mass is 10.0. The van der Waals surface area contributed by atoms with Gasteiger partial charge in [0, 0.05) is 6.42 Å². The normalized spacial score (nSPS) is 14.2. The minimum Gasteiger partial charge on any atom is -0.486 e. The number of alkyl carbamates (subject to hydrolysis) is 1. The summed E-state index contributed by atoms with van der Waals surface area (Å²) < 4.78 is 15.8. The van der Waals surface area contributed by atoms with E-state index in [0.717, 1.165) is 11.1 Å². The molecule has 0 fully saturated rings. The van der Waals surface area contributed by atoms with Crippen molar-refractivity contribution < 1.29 is 43.3 Å². The van der Waals surface area contributed by atoms with E-state index < -0.39 is 60.8 Å². The van der Waals surface area contributed by atoms with E-state index in [-0.39, 0.29) is 31.0 Å². The van der Waals surface area contributed by atoms with Crippen LogP contribution in [-0.4, -0.2) is 60.1 Å². The Balaban J connectivity index is 1.62. The van der Waals surface area contributed by atoms with Crippen molar-refractivity contribution in [3.05, 3.63) is 83.1 Å². The summed E-state index contributed by atoms with van der Waals surface area (Å²) in [4.78, 5) is 61.9. The Kier molecular flexibility index (Phi) is 10.8. The van der Waals surface area contributed by atoms with Gasteiger partial charge in [-0.1, -0.05) is 74.5 Å². The number of carboxylic acid groups (broad SMARTS) is 1. The van der Waals surface area contributed by atoms with Gasteiger partial charge in [-0.3, -0.25) is 14.4 Å². The van der Waals surface area contributed by atoms with Crippen LogP contribution < -0.4 is 10.6 Å². The van der Waals surface area contributed by atoms with Crippen molar-refractivity contribution in [2.45, 2.75) is 45.4 Å². The number of aliphatic carboxylic acids is 1. The highest BCUT2D eigenvalue weighted by atomic mass is 16.6. The fourth-order valence-corrected chi connectivity index (χ4v) is 3.89. The maximum absolute atomic E-state index is 13.0. The maximum Gasteiger partial charge on any atom is 0.408 e. The third-order valence-corrected chi connectivity index (χ3v) is 6.05. The number of ketones is 1.